The number of carbonyl (C=O) groups is 8. The van der Waals surface area contributed by atoms with Gasteiger partial charge in [0.15, 0.2) is 0 Å². The molecule has 18 heteroatoms. The first kappa shape index (κ1) is 91.6. The van der Waals surface area contributed by atoms with E-state index < -0.39 is 23.9 Å². The highest BCUT2D eigenvalue weighted by Crippen LogP contribution is 2.26. The Kier molecular flexibility index (Phi) is 68.3. The van der Waals surface area contributed by atoms with Crippen LogP contribution in [0.1, 0.15) is 319 Å². The average molecular weight is 1350 g/mol. The Labute approximate surface area is 558 Å². The Morgan fingerprint density at radius 2 is 0.727 bits per heavy atom. The zero-order valence-corrected chi connectivity index (χ0v) is 57.7. The topological polar surface area (TPSA) is 231 Å². The molecule has 520 valence electrons. The number of hydrogen-bond donors (Lipinski definition) is 6. The maximum atomic E-state index is 12.0. The van der Waals surface area contributed by atoms with Crippen LogP contribution in [0.25, 0.3) is 0 Å². The second kappa shape index (κ2) is 65.6. The molecule has 7 N–H and O–H groups in total. The molecule has 0 aromatic heterocycles. The lowest BCUT2D eigenvalue weighted by atomic mass is 10.0. The predicted molar refractivity (Wildman–Crippen MR) is 382 cm³/mol. The van der Waals surface area contributed by atoms with Crippen molar-refractivity contribution >= 4 is 87.5 Å². The van der Waals surface area contributed by atoms with E-state index in [-0.39, 0.29) is 86.3 Å². The fraction of sp³-hybridized carbons (Fsp3) is 0.886. The van der Waals surface area contributed by atoms with Gasteiger partial charge in [-0.05, 0) is 37.5 Å². The molecule has 2 heterocycles. The number of ketones is 1. The van der Waals surface area contributed by atoms with Crippen molar-refractivity contribution in [1.29, 1.82) is 0 Å². The number of carbonyl (C=O) groups excluding carboxylic acids is 8. The van der Waals surface area contributed by atoms with Crippen LogP contribution in [-0.4, -0.2) is 125 Å². The number of hydrogen-bond acceptors (Lipinski definition) is 10. The minimum Gasteiger partial charge on any atom is -0.368 e. The van der Waals surface area contributed by atoms with Crippen molar-refractivity contribution in [3.8, 4) is 0 Å². The average Bonchev–Trinajstić information content (AvgIpc) is 3.81. The van der Waals surface area contributed by atoms with Crippen LogP contribution in [0.3, 0.4) is 0 Å². The van der Waals surface area contributed by atoms with Crippen molar-refractivity contribution in [3.05, 3.63) is 0 Å². The van der Waals surface area contributed by atoms with Gasteiger partial charge in [-0.15, -0.1) is 11.8 Å². The number of rotatable bonds is 19. The first-order valence-corrected chi connectivity index (χ1v) is 37.3. The third-order valence-corrected chi connectivity index (χ3v) is 18.6. The number of thiol groups is 1. The summed E-state index contributed by atoms with van der Waals surface area (Å²) in [6.45, 7) is 7.56. The van der Waals surface area contributed by atoms with Gasteiger partial charge in [0.05, 0.1) is 16.8 Å². The van der Waals surface area contributed by atoms with Crippen molar-refractivity contribution < 1.29 is 38.4 Å². The predicted octanol–water partition coefficient (Wildman–Crippen LogP) is 15.9. The first-order chi connectivity index (χ1) is 41.2. The molecule has 0 aromatic carbocycles. The van der Waals surface area contributed by atoms with E-state index in [1.807, 2.05) is 20.8 Å². The molecule has 2 unspecified atom stereocenters. The molecule has 4 atom stereocenters. The number of nitrogens with two attached hydrogens (primary N) is 2. The largest absolute Gasteiger partial charge is 0.368 e. The van der Waals surface area contributed by atoms with Crippen LogP contribution in [0.15, 0.2) is 0 Å². The number of amides is 7. The minimum atomic E-state index is -0.543. The lowest BCUT2D eigenvalue weighted by molar-refractivity contribution is -0.136. The summed E-state index contributed by atoms with van der Waals surface area (Å²) in [4.78, 5) is 93.5. The maximum Gasteiger partial charge on any atom is 0.240 e. The Morgan fingerprint density at radius 1 is 0.477 bits per heavy atom. The third-order valence-electron chi connectivity index (χ3n) is 16.8. The van der Waals surface area contributed by atoms with E-state index in [1.165, 1.54) is 243 Å². The summed E-state index contributed by atoms with van der Waals surface area (Å²) in [5.74, 6) is 0.0358. The molecule has 0 aromatic rings. The van der Waals surface area contributed by atoms with Gasteiger partial charge < -0.3 is 37.2 Å². The molecule has 2 saturated heterocycles. The Balaban J connectivity index is -0.000000515. The van der Waals surface area contributed by atoms with Gasteiger partial charge in [0.25, 0.3) is 0 Å². The Morgan fingerprint density at radius 3 is 0.920 bits per heavy atom. The molecule has 7 amide bonds. The minimum absolute atomic E-state index is 0. The van der Waals surface area contributed by atoms with Crippen molar-refractivity contribution in [3.63, 3.8) is 0 Å². The summed E-state index contributed by atoms with van der Waals surface area (Å²) < 4.78 is 0. The number of primary amides is 2. The maximum absolute atomic E-state index is 12.0. The van der Waals surface area contributed by atoms with Crippen molar-refractivity contribution in [1.82, 2.24) is 25.8 Å². The number of alkyl halides is 1. The second-order valence-electron chi connectivity index (χ2n) is 24.2. The van der Waals surface area contributed by atoms with E-state index in [2.05, 4.69) is 44.5 Å². The molecular weight excluding hydrogens is 1210 g/mol. The van der Waals surface area contributed by atoms with Gasteiger partial charge in [0, 0.05) is 58.2 Å². The lowest BCUT2D eigenvalue weighted by Crippen LogP contribution is -2.45. The monoisotopic (exact) mass is 1350 g/mol. The van der Waals surface area contributed by atoms with Crippen LogP contribution in [0.4, 0.5) is 0 Å². The van der Waals surface area contributed by atoms with E-state index in [4.69, 9.17) is 11.5 Å². The van der Waals surface area contributed by atoms with Gasteiger partial charge in [-0.2, -0.15) is 12.6 Å². The molecule has 4 rings (SSSR count). The number of Topliss-reactive ketones (excluding diaryl/α,β-unsaturated/α-hetero) is 1. The normalized spacial score (nSPS) is 19.8. The third kappa shape index (κ3) is 52.7. The molecule has 15 nitrogen and oxygen atoms in total. The highest BCUT2D eigenvalue weighted by atomic mass is 79.9. The highest BCUT2D eigenvalue weighted by molar-refractivity contribution is 9.09. The second-order valence-corrected chi connectivity index (χ2v) is 26.1. The lowest BCUT2D eigenvalue weighted by Gasteiger charge is -2.24. The van der Waals surface area contributed by atoms with Crippen molar-refractivity contribution in [2.24, 2.45) is 23.3 Å². The number of nitrogens with zero attached hydrogens (tertiary/aromatic N) is 2. The first-order valence-electron chi connectivity index (χ1n) is 34.4. The quantitative estimate of drug-likeness (QED) is 0.0533. The van der Waals surface area contributed by atoms with Crippen LogP contribution in [-0.2, 0) is 38.4 Å². The van der Waals surface area contributed by atoms with E-state index in [9.17, 15) is 38.4 Å². The number of likely N-dealkylation sites (tertiary alicyclic amines) is 2. The molecule has 2 aliphatic carbocycles. The van der Waals surface area contributed by atoms with Crippen LogP contribution >= 0.6 is 40.3 Å². The molecule has 2 saturated carbocycles. The van der Waals surface area contributed by atoms with Crippen LogP contribution in [0.2, 0.25) is 0 Å². The Hall–Kier alpha value is -2.86. The fourth-order valence-corrected chi connectivity index (χ4v) is 12.6. The summed E-state index contributed by atoms with van der Waals surface area (Å²) in [5.41, 5.74) is 10.6. The Bertz CT molecular complexity index is 1540. The summed E-state index contributed by atoms with van der Waals surface area (Å²) in [6.07, 6.45) is 57.9. The summed E-state index contributed by atoms with van der Waals surface area (Å²) in [6, 6.07) is -1.05. The van der Waals surface area contributed by atoms with E-state index in [0.29, 0.717) is 70.5 Å². The highest BCUT2D eigenvalue weighted by Gasteiger charge is 2.37. The van der Waals surface area contributed by atoms with Gasteiger partial charge >= 0.3 is 0 Å². The van der Waals surface area contributed by atoms with Gasteiger partial charge in [-0.3, -0.25) is 38.4 Å². The summed E-state index contributed by atoms with van der Waals surface area (Å²) in [5, 5.41) is 8.30. The van der Waals surface area contributed by atoms with E-state index in [1.54, 1.807) is 16.8 Å². The number of nitrogens with one attached hydrogen (secondary N) is 3. The van der Waals surface area contributed by atoms with Crippen molar-refractivity contribution in [2.45, 2.75) is 331 Å². The molecule has 2 aliphatic heterocycles. The SMILES string of the molecule is C.C.C.C1CCCCCCCCCCCCCCCCC1.C1CCCCCCCCCCCCCCCCC1.CCC(=O)CS.CC[C@H](C(N)=O)N1CC(CCNC(=O)CBr)CC1=O.CC[C@H](C(N)=O)N1CC(CCNC(=O)CSCC(=O)NC)CC1=O. The zero-order chi connectivity index (χ0) is 63.0. The van der Waals surface area contributed by atoms with Crippen LogP contribution in [0, 0.1) is 11.8 Å². The molecule has 88 heavy (non-hydrogen) atoms. The van der Waals surface area contributed by atoms with E-state index >= 15 is 0 Å². The fourth-order valence-electron chi connectivity index (χ4n) is 11.5. The van der Waals surface area contributed by atoms with Gasteiger partial charge in [0.2, 0.25) is 41.4 Å². The van der Waals surface area contributed by atoms with E-state index in [0.717, 1.165) is 6.42 Å². The van der Waals surface area contributed by atoms with Crippen LogP contribution in [0.5, 0.6) is 0 Å². The number of halogens is 1. The molecule has 0 spiro atoms. The zero-order valence-electron chi connectivity index (χ0n) is 54.4. The smallest absolute Gasteiger partial charge is 0.240 e. The van der Waals surface area contributed by atoms with Crippen LogP contribution < -0.4 is 27.4 Å². The molecule has 4 aliphatic rings. The van der Waals surface area contributed by atoms with Gasteiger partial charge in [0.1, 0.15) is 17.9 Å². The summed E-state index contributed by atoms with van der Waals surface area (Å²) in [7, 11) is 1.55. The van der Waals surface area contributed by atoms with Gasteiger partial charge in [-0.25, -0.2) is 0 Å². The molecule has 4 fully saturated rings. The number of thioether (sulfide) groups is 1. The van der Waals surface area contributed by atoms with Gasteiger partial charge in [-0.1, -0.05) is 290 Å². The molecule has 0 radical (unpaired) electrons. The van der Waals surface area contributed by atoms with Crippen molar-refractivity contribution in [2.75, 3.05) is 55.8 Å². The molecular formula is C70H138BrN7O8S2. The molecule has 0 bridgehead atoms. The summed E-state index contributed by atoms with van der Waals surface area (Å²) >= 11 is 8.06. The standard InChI is InChI=1S/2C18H36.C15H26N4O4S.C12H20BrN3O3.C4H8OS.3CH4/c2*1-2-4-6-8-10-12-14-16-18-17-15-13-11-9-7-5-3-1;1-3-11(15(16)23)19-7-10(6-14(19)22)4-5-18-13(21)9-24-8-12(20)17-2;1-2-9(12(14)19)16-7-8(5-11(16)18)3-4-15-10(17)6-13;1-2-4(5)3-6;;;/h2*1-18H2;10-11H,3-9H2,1-2H3,(H2,16,23)(H,17,20)(H,18,21);8-9H,2-7H2,1H3,(H2,14,19)(H,15,17);6H,2-3H2,1H3;3*1H4/t;;10?,11-;8?,9-;;;;/m..11..../s1.